The molecule has 0 fully saturated rings. The minimum absolute atomic E-state index is 0.307. The van der Waals surface area contributed by atoms with Gasteiger partial charge >= 0.3 is 0 Å². The Hall–Kier alpha value is -5.09. The van der Waals surface area contributed by atoms with Crippen molar-refractivity contribution in [3.05, 3.63) is 97.1 Å². The molecule has 0 saturated heterocycles. The molecule has 0 atom stereocenters. The number of hydrogen-bond acceptors (Lipinski definition) is 7. The quantitative estimate of drug-likeness (QED) is 0.165. The first-order valence-corrected chi connectivity index (χ1v) is 13.4. The van der Waals surface area contributed by atoms with Crippen molar-refractivity contribution < 1.29 is 9.59 Å². The number of nitrogens with one attached hydrogen (secondary N) is 3. The maximum atomic E-state index is 12.6. The van der Waals surface area contributed by atoms with E-state index in [9.17, 15) is 9.59 Å². The number of H-pyrrole nitrogens is 1. The Bertz CT molecular complexity index is 1680. The molecule has 2 heterocycles. The molecule has 0 aliphatic rings. The monoisotopic (exact) mass is 548 g/mol. The summed E-state index contributed by atoms with van der Waals surface area (Å²) in [6.45, 7) is 1.98. The number of hydrogen-bond donors (Lipinski definition) is 3. The maximum absolute atomic E-state index is 12.6. The third-order valence-corrected chi connectivity index (χ3v) is 6.51. The largest absolute Gasteiger partial charge is 0.353 e. The normalized spacial score (nSPS) is 11.4. The Morgan fingerprint density at radius 1 is 0.902 bits per heavy atom. The molecule has 0 radical (unpaired) electrons. The first kappa shape index (κ1) is 27.5. The van der Waals surface area contributed by atoms with Crippen LogP contribution in [0, 0.1) is 0 Å². The zero-order valence-electron chi connectivity index (χ0n) is 23.0. The van der Waals surface area contributed by atoms with Gasteiger partial charge in [0.2, 0.25) is 11.8 Å². The lowest BCUT2D eigenvalue weighted by Crippen LogP contribution is -2.25. The molecule has 0 saturated carbocycles. The fourth-order valence-electron chi connectivity index (χ4n) is 4.48. The number of anilines is 3. The molecule has 3 aromatic carbocycles. The molecule has 0 bridgehead atoms. The fourth-order valence-corrected chi connectivity index (χ4v) is 4.48. The van der Waals surface area contributed by atoms with E-state index in [0.717, 1.165) is 46.2 Å². The Morgan fingerprint density at radius 2 is 1.73 bits per heavy atom. The van der Waals surface area contributed by atoms with Crippen molar-refractivity contribution in [3.8, 4) is 0 Å². The Balaban J connectivity index is 1.40. The van der Waals surface area contributed by atoms with E-state index in [1.807, 2.05) is 67.5 Å². The number of imidazole rings is 1. The van der Waals surface area contributed by atoms with E-state index < -0.39 is 5.91 Å². The average Bonchev–Trinajstić information content (AvgIpc) is 3.45. The average molecular weight is 549 g/mol. The highest BCUT2D eigenvalue weighted by molar-refractivity contribution is 6.05. The predicted octanol–water partition coefficient (Wildman–Crippen LogP) is 4.41. The molecule has 0 spiro atoms. The van der Waals surface area contributed by atoms with Crippen molar-refractivity contribution >= 4 is 50.9 Å². The zero-order valence-corrected chi connectivity index (χ0v) is 23.0. The van der Waals surface area contributed by atoms with Gasteiger partial charge in [0, 0.05) is 42.0 Å². The van der Waals surface area contributed by atoms with E-state index in [1.165, 1.54) is 12.2 Å². The van der Waals surface area contributed by atoms with Crippen LogP contribution in [0.3, 0.4) is 0 Å². The first-order chi connectivity index (χ1) is 20.0. The summed E-state index contributed by atoms with van der Waals surface area (Å²) in [5, 5.41) is 6.40. The fraction of sp³-hybridized carbons (Fsp3) is 0.194. The van der Waals surface area contributed by atoms with Crippen LogP contribution in [-0.2, 0) is 16.1 Å². The van der Waals surface area contributed by atoms with Crippen molar-refractivity contribution in [1.82, 2.24) is 30.2 Å². The van der Waals surface area contributed by atoms with E-state index in [2.05, 4.69) is 47.6 Å². The second kappa shape index (κ2) is 12.8. The summed E-state index contributed by atoms with van der Waals surface area (Å²) in [5.41, 5.74) is 5.12. The third kappa shape index (κ3) is 7.11. The van der Waals surface area contributed by atoms with Crippen molar-refractivity contribution in [1.29, 1.82) is 0 Å². The van der Waals surface area contributed by atoms with Crippen molar-refractivity contribution in [2.45, 2.75) is 13.0 Å². The van der Waals surface area contributed by atoms with Crippen LogP contribution in [0.5, 0.6) is 0 Å². The van der Waals surface area contributed by atoms with E-state index in [4.69, 9.17) is 0 Å². The number of aromatic amines is 1. The lowest BCUT2D eigenvalue weighted by Gasteiger charge is -2.25. The van der Waals surface area contributed by atoms with Crippen LogP contribution in [-0.4, -0.2) is 63.8 Å². The number of benzene rings is 3. The number of nitrogens with zero attached hydrogens (tertiary/aromatic N) is 5. The van der Waals surface area contributed by atoms with Crippen LogP contribution >= 0.6 is 0 Å². The second-order valence-electron chi connectivity index (χ2n) is 9.88. The predicted molar refractivity (Wildman–Crippen MR) is 162 cm³/mol. The molecule has 0 unspecified atom stereocenters. The van der Waals surface area contributed by atoms with E-state index in [-0.39, 0.29) is 5.91 Å². The summed E-state index contributed by atoms with van der Waals surface area (Å²) in [5.74, 6) is -0.0210. The minimum Gasteiger partial charge on any atom is -0.353 e. The Labute approximate surface area is 238 Å². The summed E-state index contributed by atoms with van der Waals surface area (Å²) < 4.78 is 0. The zero-order chi connectivity index (χ0) is 28.6. The van der Waals surface area contributed by atoms with Gasteiger partial charge in [0.25, 0.3) is 0 Å². The highest BCUT2D eigenvalue weighted by atomic mass is 16.2. The molecule has 2 amide bonds. The SMILES string of the molecule is CN(C)CCCNC(=O)C=CC(=O)Nc1ccc2ncnc(N(Cc3ccccc3)c3ccc4[nH]cnc4c3)c2c1. The standard InChI is InChI=1S/C31H32N8O2/c1-38(2)16-6-15-32-29(40)13-14-30(41)37-23-9-11-26-25(17-23)31(36-21-33-26)39(19-22-7-4-3-5-8-22)24-10-12-27-28(18-24)35-20-34-27/h3-5,7-14,17-18,20-21H,6,15-16,19H2,1-2H3,(H,32,40)(H,34,35)(H,37,41). The number of aromatic nitrogens is 4. The number of rotatable bonds is 11. The first-order valence-electron chi connectivity index (χ1n) is 13.4. The van der Waals surface area contributed by atoms with E-state index in [0.29, 0.717) is 24.6 Å². The molecule has 3 N–H and O–H groups in total. The van der Waals surface area contributed by atoms with Gasteiger partial charge in [0.15, 0.2) is 0 Å². The molecule has 5 rings (SSSR count). The number of amides is 2. The molecule has 5 aromatic rings. The molecule has 0 aliphatic heterocycles. The molecular weight excluding hydrogens is 516 g/mol. The smallest absolute Gasteiger partial charge is 0.248 e. The highest BCUT2D eigenvalue weighted by Crippen LogP contribution is 2.33. The third-order valence-electron chi connectivity index (χ3n) is 6.51. The topological polar surface area (TPSA) is 119 Å². The molecule has 208 valence electrons. The van der Waals surface area contributed by atoms with Gasteiger partial charge in [0.05, 0.1) is 22.9 Å². The summed E-state index contributed by atoms with van der Waals surface area (Å²) >= 11 is 0. The minimum atomic E-state index is -0.406. The molecule has 41 heavy (non-hydrogen) atoms. The lowest BCUT2D eigenvalue weighted by atomic mass is 10.1. The maximum Gasteiger partial charge on any atom is 0.248 e. The van der Waals surface area contributed by atoms with Gasteiger partial charge in [-0.15, -0.1) is 0 Å². The van der Waals surface area contributed by atoms with Crippen LogP contribution in [0.15, 0.2) is 91.5 Å². The molecule has 10 nitrogen and oxygen atoms in total. The van der Waals surface area contributed by atoms with E-state index >= 15 is 0 Å². The summed E-state index contributed by atoms with van der Waals surface area (Å²) in [7, 11) is 3.96. The van der Waals surface area contributed by atoms with Gasteiger partial charge in [-0.3, -0.25) is 9.59 Å². The summed E-state index contributed by atoms with van der Waals surface area (Å²) in [6, 6.07) is 21.7. The second-order valence-corrected chi connectivity index (χ2v) is 9.88. The van der Waals surface area contributed by atoms with Crippen LogP contribution < -0.4 is 15.5 Å². The number of carbonyl (C=O) groups is 2. The van der Waals surface area contributed by atoms with Crippen molar-refractivity contribution in [2.75, 3.05) is 37.4 Å². The number of fused-ring (bicyclic) bond motifs is 2. The van der Waals surface area contributed by atoms with Gasteiger partial charge < -0.3 is 25.4 Å². The summed E-state index contributed by atoms with van der Waals surface area (Å²) in [4.78, 5) is 45.5. The molecule has 2 aromatic heterocycles. The van der Waals surface area contributed by atoms with Gasteiger partial charge in [-0.05, 0) is 69.0 Å². The van der Waals surface area contributed by atoms with Crippen LogP contribution in [0.2, 0.25) is 0 Å². The van der Waals surface area contributed by atoms with Crippen molar-refractivity contribution in [3.63, 3.8) is 0 Å². The number of carbonyl (C=O) groups excluding carboxylic acids is 2. The molecule has 10 heteroatoms. The highest BCUT2D eigenvalue weighted by Gasteiger charge is 2.17. The van der Waals surface area contributed by atoms with Gasteiger partial charge in [-0.2, -0.15) is 0 Å². The summed E-state index contributed by atoms with van der Waals surface area (Å²) in [6.07, 6.45) is 6.52. The van der Waals surface area contributed by atoms with E-state index in [1.54, 1.807) is 18.7 Å². The van der Waals surface area contributed by atoms with Crippen LogP contribution in [0.25, 0.3) is 21.9 Å². The lowest BCUT2D eigenvalue weighted by molar-refractivity contribution is -0.117. The van der Waals surface area contributed by atoms with Crippen LogP contribution in [0.4, 0.5) is 17.2 Å². The van der Waals surface area contributed by atoms with Crippen LogP contribution in [0.1, 0.15) is 12.0 Å². The Morgan fingerprint density at radius 3 is 2.56 bits per heavy atom. The van der Waals surface area contributed by atoms with Gasteiger partial charge in [0.1, 0.15) is 12.1 Å². The van der Waals surface area contributed by atoms with Gasteiger partial charge in [-0.25, -0.2) is 15.0 Å². The Kier molecular flexibility index (Phi) is 8.61. The molecular formula is C31H32N8O2. The van der Waals surface area contributed by atoms with Gasteiger partial charge in [-0.1, -0.05) is 30.3 Å². The van der Waals surface area contributed by atoms with Crippen molar-refractivity contribution in [2.24, 2.45) is 0 Å². The molecule has 0 aliphatic carbocycles.